The number of halogens is 1. The lowest BCUT2D eigenvalue weighted by Crippen LogP contribution is -2.07. The van der Waals surface area contributed by atoms with Gasteiger partial charge in [-0.1, -0.05) is 23.7 Å². The first-order valence-corrected chi connectivity index (χ1v) is 6.40. The standard InChI is InChI=1S/C15H12ClNO4/c1-8-6-10(15(20)21)13(11(16)7-8)17-12-5-3-2-4-9(12)14(18)19/h2-7,17H,1H3,(H,18,19)(H,20,21). The molecule has 5 nitrogen and oxygen atoms in total. The minimum atomic E-state index is -1.14. The average Bonchev–Trinajstić information content (AvgIpc) is 2.41. The van der Waals surface area contributed by atoms with E-state index >= 15 is 0 Å². The molecule has 0 aromatic heterocycles. The number of carbonyl (C=O) groups is 2. The van der Waals surface area contributed by atoms with E-state index in [4.69, 9.17) is 16.7 Å². The Morgan fingerprint density at radius 3 is 2.29 bits per heavy atom. The highest BCUT2D eigenvalue weighted by molar-refractivity contribution is 6.34. The fourth-order valence-electron chi connectivity index (χ4n) is 1.95. The molecule has 21 heavy (non-hydrogen) atoms. The summed E-state index contributed by atoms with van der Waals surface area (Å²) in [6.07, 6.45) is 0. The number of para-hydroxylation sites is 1. The number of nitrogens with one attached hydrogen (secondary N) is 1. The molecule has 3 N–H and O–H groups in total. The number of benzene rings is 2. The SMILES string of the molecule is Cc1cc(Cl)c(Nc2ccccc2C(=O)O)c(C(=O)O)c1. The summed E-state index contributed by atoms with van der Waals surface area (Å²) in [7, 11) is 0. The molecule has 0 aliphatic heterocycles. The molecular weight excluding hydrogens is 294 g/mol. The van der Waals surface area contributed by atoms with Gasteiger partial charge in [0.25, 0.3) is 0 Å². The van der Waals surface area contributed by atoms with Crippen LogP contribution in [0.5, 0.6) is 0 Å². The number of rotatable bonds is 4. The van der Waals surface area contributed by atoms with E-state index in [-0.39, 0.29) is 27.5 Å². The molecule has 0 aliphatic carbocycles. The van der Waals surface area contributed by atoms with Crippen molar-refractivity contribution >= 4 is 34.9 Å². The molecule has 0 radical (unpaired) electrons. The van der Waals surface area contributed by atoms with E-state index in [0.29, 0.717) is 5.56 Å². The molecule has 0 spiro atoms. The van der Waals surface area contributed by atoms with Gasteiger partial charge in [-0.15, -0.1) is 0 Å². The summed E-state index contributed by atoms with van der Waals surface area (Å²) < 4.78 is 0. The summed E-state index contributed by atoms with van der Waals surface area (Å²) in [4.78, 5) is 22.5. The summed E-state index contributed by atoms with van der Waals surface area (Å²) in [5.41, 5.74) is 1.17. The van der Waals surface area contributed by atoms with Crippen molar-refractivity contribution in [3.8, 4) is 0 Å². The van der Waals surface area contributed by atoms with Crippen LogP contribution in [0, 0.1) is 6.92 Å². The molecule has 2 rings (SSSR count). The quantitative estimate of drug-likeness (QED) is 0.800. The molecule has 0 saturated heterocycles. The van der Waals surface area contributed by atoms with E-state index in [0.717, 1.165) is 0 Å². The van der Waals surface area contributed by atoms with Crippen molar-refractivity contribution < 1.29 is 19.8 Å². The topological polar surface area (TPSA) is 86.6 Å². The fraction of sp³-hybridized carbons (Fsp3) is 0.0667. The molecular formula is C15H12ClNO4. The maximum Gasteiger partial charge on any atom is 0.337 e. The lowest BCUT2D eigenvalue weighted by Gasteiger charge is -2.14. The van der Waals surface area contributed by atoms with Crippen molar-refractivity contribution in [2.45, 2.75) is 6.92 Å². The molecule has 0 heterocycles. The minimum absolute atomic E-state index is 0.0137. The summed E-state index contributed by atoms with van der Waals surface area (Å²) in [6.45, 7) is 1.73. The van der Waals surface area contributed by atoms with Crippen molar-refractivity contribution in [2.75, 3.05) is 5.32 Å². The number of hydrogen-bond acceptors (Lipinski definition) is 3. The molecule has 108 valence electrons. The van der Waals surface area contributed by atoms with Crippen molar-refractivity contribution in [1.82, 2.24) is 0 Å². The Kier molecular flexibility index (Phi) is 4.14. The molecule has 2 aromatic carbocycles. The molecule has 0 atom stereocenters. The number of carboxylic acids is 2. The van der Waals surface area contributed by atoms with Crippen LogP contribution in [0.3, 0.4) is 0 Å². The molecule has 0 fully saturated rings. The summed E-state index contributed by atoms with van der Waals surface area (Å²) in [5.74, 6) is -2.26. The van der Waals surface area contributed by atoms with Crippen LogP contribution in [0.4, 0.5) is 11.4 Å². The van der Waals surface area contributed by atoms with Gasteiger partial charge in [0, 0.05) is 0 Å². The van der Waals surface area contributed by atoms with E-state index in [1.165, 1.54) is 12.1 Å². The van der Waals surface area contributed by atoms with Gasteiger partial charge >= 0.3 is 11.9 Å². The van der Waals surface area contributed by atoms with Gasteiger partial charge in [-0.2, -0.15) is 0 Å². The Bertz CT molecular complexity index is 728. The first kappa shape index (κ1) is 14.9. The highest BCUT2D eigenvalue weighted by Gasteiger charge is 2.17. The zero-order valence-electron chi connectivity index (χ0n) is 11.1. The van der Waals surface area contributed by atoms with E-state index < -0.39 is 11.9 Å². The van der Waals surface area contributed by atoms with E-state index in [1.54, 1.807) is 31.2 Å². The molecule has 0 aliphatic rings. The maximum absolute atomic E-state index is 11.3. The van der Waals surface area contributed by atoms with Crippen LogP contribution >= 0.6 is 11.6 Å². The fourth-order valence-corrected chi connectivity index (χ4v) is 2.27. The van der Waals surface area contributed by atoms with Gasteiger partial charge in [0.05, 0.1) is 27.5 Å². The van der Waals surface area contributed by atoms with Crippen LogP contribution in [0.25, 0.3) is 0 Å². The second-order valence-corrected chi connectivity index (χ2v) is 4.86. The number of carboxylic acid groups (broad SMARTS) is 2. The van der Waals surface area contributed by atoms with Crippen molar-refractivity contribution in [1.29, 1.82) is 0 Å². The molecule has 0 unspecified atom stereocenters. The van der Waals surface area contributed by atoms with Crippen molar-refractivity contribution in [3.63, 3.8) is 0 Å². The zero-order chi connectivity index (χ0) is 15.6. The van der Waals surface area contributed by atoms with Crippen LogP contribution < -0.4 is 5.32 Å². The second-order valence-electron chi connectivity index (χ2n) is 4.45. The van der Waals surface area contributed by atoms with Gasteiger partial charge in [0.2, 0.25) is 0 Å². The third-order valence-electron chi connectivity index (χ3n) is 2.88. The summed E-state index contributed by atoms with van der Waals surface area (Å²) in [5, 5.41) is 21.4. The predicted molar refractivity (Wildman–Crippen MR) is 79.8 cm³/mol. The normalized spacial score (nSPS) is 10.2. The van der Waals surface area contributed by atoms with Crippen LogP contribution in [-0.4, -0.2) is 22.2 Å². The van der Waals surface area contributed by atoms with Crippen LogP contribution in [-0.2, 0) is 0 Å². The van der Waals surface area contributed by atoms with Gasteiger partial charge < -0.3 is 15.5 Å². The minimum Gasteiger partial charge on any atom is -0.478 e. The van der Waals surface area contributed by atoms with Crippen molar-refractivity contribution in [2.24, 2.45) is 0 Å². The van der Waals surface area contributed by atoms with Gasteiger partial charge in [-0.05, 0) is 36.8 Å². The lowest BCUT2D eigenvalue weighted by atomic mass is 10.1. The maximum atomic E-state index is 11.3. The number of anilines is 2. The van der Waals surface area contributed by atoms with E-state index in [1.807, 2.05) is 0 Å². The highest BCUT2D eigenvalue weighted by atomic mass is 35.5. The Labute approximate surface area is 125 Å². The third kappa shape index (κ3) is 3.14. The number of aromatic carboxylic acids is 2. The average molecular weight is 306 g/mol. The summed E-state index contributed by atoms with van der Waals surface area (Å²) >= 11 is 6.09. The number of hydrogen-bond donors (Lipinski definition) is 3. The molecule has 0 amide bonds. The summed E-state index contributed by atoms with van der Waals surface area (Å²) in [6, 6.07) is 9.29. The molecule has 6 heteroatoms. The van der Waals surface area contributed by atoms with Crippen LogP contribution in [0.1, 0.15) is 26.3 Å². The Morgan fingerprint density at radius 2 is 1.67 bits per heavy atom. The third-order valence-corrected chi connectivity index (χ3v) is 3.18. The van der Waals surface area contributed by atoms with Gasteiger partial charge in [-0.25, -0.2) is 9.59 Å². The van der Waals surface area contributed by atoms with Crippen LogP contribution in [0.2, 0.25) is 5.02 Å². The van der Waals surface area contributed by atoms with Crippen molar-refractivity contribution in [3.05, 3.63) is 58.1 Å². The second kappa shape index (κ2) is 5.85. The van der Waals surface area contributed by atoms with E-state index in [9.17, 15) is 14.7 Å². The van der Waals surface area contributed by atoms with E-state index in [2.05, 4.69) is 5.32 Å². The smallest absolute Gasteiger partial charge is 0.337 e. The molecule has 2 aromatic rings. The largest absolute Gasteiger partial charge is 0.478 e. The van der Waals surface area contributed by atoms with Gasteiger partial charge in [-0.3, -0.25) is 0 Å². The Morgan fingerprint density at radius 1 is 1.05 bits per heavy atom. The number of aryl methyl sites for hydroxylation is 1. The van der Waals surface area contributed by atoms with Gasteiger partial charge in [0.1, 0.15) is 0 Å². The lowest BCUT2D eigenvalue weighted by molar-refractivity contribution is 0.0688. The van der Waals surface area contributed by atoms with Gasteiger partial charge in [0.15, 0.2) is 0 Å². The predicted octanol–water partition coefficient (Wildman–Crippen LogP) is 3.79. The Hall–Kier alpha value is -2.53. The zero-order valence-corrected chi connectivity index (χ0v) is 11.8. The highest BCUT2D eigenvalue weighted by Crippen LogP contribution is 2.32. The van der Waals surface area contributed by atoms with Crippen LogP contribution in [0.15, 0.2) is 36.4 Å². The Balaban J connectivity index is 2.55. The monoisotopic (exact) mass is 305 g/mol. The first-order chi connectivity index (χ1) is 9.90. The first-order valence-electron chi connectivity index (χ1n) is 6.03. The molecule has 0 saturated carbocycles. The molecule has 0 bridgehead atoms.